The van der Waals surface area contributed by atoms with E-state index in [1.54, 1.807) is 12.1 Å². The highest BCUT2D eigenvalue weighted by atomic mass is 32.2. The molecule has 0 radical (unpaired) electrons. The first kappa shape index (κ1) is 19.1. The molecule has 6 rings (SSSR count). The summed E-state index contributed by atoms with van der Waals surface area (Å²) in [7, 11) is 0. The Morgan fingerprint density at radius 2 is 1.79 bits per heavy atom. The molecule has 0 unspecified atom stereocenters. The van der Waals surface area contributed by atoms with Gasteiger partial charge in [-0.15, -0.1) is 10.2 Å². The van der Waals surface area contributed by atoms with Crippen LogP contribution in [-0.2, 0) is 4.79 Å². The topological polar surface area (TPSA) is 68.0 Å². The molecule has 4 fully saturated rings. The van der Waals surface area contributed by atoms with Gasteiger partial charge in [0.1, 0.15) is 5.82 Å². The Balaban J connectivity index is 1.16. The van der Waals surface area contributed by atoms with Crippen molar-refractivity contribution in [3.05, 3.63) is 30.1 Å². The maximum atomic E-state index is 13.0. The van der Waals surface area contributed by atoms with Gasteiger partial charge in [0.25, 0.3) is 5.22 Å². The number of carbonyl (C=O) groups excluding carboxylic acids is 1. The number of rotatable bonds is 6. The number of thioether (sulfide) groups is 1. The van der Waals surface area contributed by atoms with Crippen LogP contribution < -0.4 is 5.32 Å². The van der Waals surface area contributed by atoms with Gasteiger partial charge in [-0.05, 0) is 92.9 Å². The molecular formula is C22H26FN3O2S. The van der Waals surface area contributed by atoms with Crippen LogP contribution in [0.4, 0.5) is 4.39 Å². The molecule has 7 heteroatoms. The molecule has 1 aromatic heterocycles. The Bertz CT molecular complexity index is 862. The molecule has 29 heavy (non-hydrogen) atoms. The maximum Gasteiger partial charge on any atom is 0.277 e. The molecule has 4 saturated carbocycles. The second-order valence-electron chi connectivity index (χ2n) is 9.24. The van der Waals surface area contributed by atoms with E-state index in [1.807, 2.05) is 0 Å². The molecule has 1 heterocycles. The first-order valence-electron chi connectivity index (χ1n) is 10.5. The maximum absolute atomic E-state index is 13.0. The number of nitrogens with zero attached hydrogens (tertiary/aromatic N) is 2. The predicted octanol–water partition coefficient (Wildman–Crippen LogP) is 4.69. The molecule has 0 spiro atoms. The van der Waals surface area contributed by atoms with Crippen LogP contribution in [0.2, 0.25) is 0 Å². The van der Waals surface area contributed by atoms with Crippen LogP contribution in [0.1, 0.15) is 45.4 Å². The van der Waals surface area contributed by atoms with Crippen LogP contribution in [0.15, 0.2) is 33.9 Å². The molecule has 5 nitrogen and oxygen atoms in total. The molecule has 1 aromatic carbocycles. The summed E-state index contributed by atoms with van der Waals surface area (Å²) in [5, 5.41) is 11.6. The van der Waals surface area contributed by atoms with Crippen molar-refractivity contribution < 1.29 is 13.6 Å². The Morgan fingerprint density at radius 3 is 2.41 bits per heavy atom. The third-order valence-corrected chi connectivity index (χ3v) is 8.02. The van der Waals surface area contributed by atoms with Gasteiger partial charge in [0.2, 0.25) is 11.8 Å². The average Bonchev–Trinajstić information content (AvgIpc) is 3.15. The Morgan fingerprint density at radius 1 is 1.17 bits per heavy atom. The van der Waals surface area contributed by atoms with E-state index in [2.05, 4.69) is 22.4 Å². The minimum atomic E-state index is -0.312. The molecule has 154 valence electrons. The molecule has 1 atom stereocenters. The van der Waals surface area contributed by atoms with E-state index >= 15 is 0 Å². The summed E-state index contributed by atoms with van der Waals surface area (Å²) in [6, 6.07) is 6.10. The lowest BCUT2D eigenvalue weighted by molar-refractivity contribution is -0.123. The normalized spacial score (nSPS) is 31.0. The van der Waals surface area contributed by atoms with Crippen molar-refractivity contribution in [3.63, 3.8) is 0 Å². The highest BCUT2D eigenvalue weighted by molar-refractivity contribution is 7.99. The monoisotopic (exact) mass is 415 g/mol. The first-order valence-corrected chi connectivity index (χ1v) is 11.5. The van der Waals surface area contributed by atoms with Gasteiger partial charge >= 0.3 is 0 Å². The fourth-order valence-electron chi connectivity index (χ4n) is 6.25. The van der Waals surface area contributed by atoms with Crippen molar-refractivity contribution in [1.29, 1.82) is 0 Å². The van der Waals surface area contributed by atoms with Gasteiger partial charge in [0.05, 0.1) is 5.75 Å². The summed E-state index contributed by atoms with van der Waals surface area (Å²) >= 11 is 1.24. The van der Waals surface area contributed by atoms with Crippen molar-refractivity contribution in [2.45, 2.75) is 56.7 Å². The predicted molar refractivity (Wildman–Crippen MR) is 109 cm³/mol. The molecule has 1 N–H and O–H groups in total. The van der Waals surface area contributed by atoms with E-state index in [4.69, 9.17) is 4.42 Å². The van der Waals surface area contributed by atoms with E-state index < -0.39 is 0 Å². The Hall–Kier alpha value is -1.89. The van der Waals surface area contributed by atoms with Crippen molar-refractivity contribution >= 4 is 17.7 Å². The van der Waals surface area contributed by atoms with Crippen LogP contribution in [0.25, 0.3) is 11.5 Å². The number of aromatic nitrogens is 2. The number of carbonyl (C=O) groups is 1. The zero-order valence-electron chi connectivity index (χ0n) is 16.6. The number of halogens is 1. The average molecular weight is 416 g/mol. The number of hydrogen-bond donors (Lipinski definition) is 1. The lowest BCUT2D eigenvalue weighted by Gasteiger charge is -2.59. The molecule has 2 aromatic rings. The number of nitrogens with one attached hydrogen (secondary N) is 1. The number of hydrogen-bond acceptors (Lipinski definition) is 5. The Labute approximate surface area is 174 Å². The number of amides is 1. The molecular weight excluding hydrogens is 389 g/mol. The van der Waals surface area contributed by atoms with Crippen molar-refractivity contribution in [3.8, 4) is 11.5 Å². The number of benzene rings is 1. The minimum absolute atomic E-state index is 0.0137. The van der Waals surface area contributed by atoms with Gasteiger partial charge < -0.3 is 9.73 Å². The first-order chi connectivity index (χ1) is 14.0. The van der Waals surface area contributed by atoms with E-state index in [9.17, 15) is 9.18 Å². The van der Waals surface area contributed by atoms with Crippen LogP contribution >= 0.6 is 11.8 Å². The van der Waals surface area contributed by atoms with Crippen LogP contribution in [0.5, 0.6) is 0 Å². The minimum Gasteiger partial charge on any atom is -0.411 e. The Kier molecular flexibility index (Phi) is 4.88. The van der Waals surface area contributed by atoms with E-state index in [1.165, 1.54) is 62.4 Å². The second kappa shape index (κ2) is 7.42. The molecule has 0 aliphatic heterocycles. The smallest absolute Gasteiger partial charge is 0.277 e. The van der Waals surface area contributed by atoms with Crippen LogP contribution in [0, 0.1) is 29.0 Å². The molecule has 1 amide bonds. The molecule has 4 aliphatic carbocycles. The zero-order chi connectivity index (χ0) is 20.0. The fraction of sp³-hybridized carbons (Fsp3) is 0.591. The zero-order valence-corrected chi connectivity index (χ0v) is 17.4. The van der Waals surface area contributed by atoms with E-state index in [0.29, 0.717) is 22.1 Å². The lowest BCUT2D eigenvalue weighted by atomic mass is 9.48. The van der Waals surface area contributed by atoms with Crippen LogP contribution in [-0.4, -0.2) is 27.9 Å². The SMILES string of the molecule is C[C@H](NC(=O)CSc1nnc(-c2ccc(F)cc2)o1)C12CC3CC(CC(C3)C1)C2. The van der Waals surface area contributed by atoms with Gasteiger partial charge in [-0.1, -0.05) is 11.8 Å². The third-order valence-electron chi connectivity index (χ3n) is 7.21. The summed E-state index contributed by atoms with van der Waals surface area (Å²) < 4.78 is 18.6. The van der Waals surface area contributed by atoms with E-state index in [-0.39, 0.29) is 23.5 Å². The quantitative estimate of drug-likeness (QED) is 0.694. The fourth-order valence-corrected chi connectivity index (χ4v) is 6.82. The standard InChI is InChI=1S/C22H26FN3O2S/c1-13(22-9-14-6-15(10-22)8-16(7-14)11-22)24-19(27)12-29-21-26-25-20(28-21)17-2-4-18(23)5-3-17/h2-5,13-16H,6-12H2,1H3,(H,24,27)/t13-,14?,15?,16?,22?/m0/s1. The van der Waals surface area contributed by atoms with Gasteiger partial charge in [-0.2, -0.15) is 0 Å². The van der Waals surface area contributed by atoms with E-state index in [0.717, 1.165) is 17.8 Å². The van der Waals surface area contributed by atoms with Crippen molar-refractivity contribution in [2.75, 3.05) is 5.75 Å². The third kappa shape index (κ3) is 3.81. The second-order valence-corrected chi connectivity index (χ2v) is 10.2. The van der Waals surface area contributed by atoms with Crippen LogP contribution in [0.3, 0.4) is 0 Å². The molecule has 4 bridgehead atoms. The highest BCUT2D eigenvalue weighted by Crippen LogP contribution is 2.61. The van der Waals surface area contributed by atoms with Gasteiger partial charge in [0.15, 0.2) is 0 Å². The van der Waals surface area contributed by atoms with Crippen molar-refractivity contribution in [2.24, 2.45) is 23.2 Å². The summed E-state index contributed by atoms with van der Waals surface area (Å²) in [6.45, 7) is 2.19. The van der Waals surface area contributed by atoms with Gasteiger partial charge in [-0.25, -0.2) is 4.39 Å². The highest BCUT2D eigenvalue weighted by Gasteiger charge is 2.53. The summed E-state index contributed by atoms with van der Waals surface area (Å²) in [4.78, 5) is 12.6. The van der Waals surface area contributed by atoms with Crippen molar-refractivity contribution in [1.82, 2.24) is 15.5 Å². The molecule has 4 aliphatic rings. The summed E-state index contributed by atoms with van der Waals surface area (Å²) in [6.07, 6.45) is 8.05. The van der Waals surface area contributed by atoms with Gasteiger partial charge in [0, 0.05) is 11.6 Å². The van der Waals surface area contributed by atoms with Gasteiger partial charge in [-0.3, -0.25) is 4.79 Å². The molecule has 0 saturated heterocycles. The summed E-state index contributed by atoms with van der Waals surface area (Å²) in [5.74, 6) is 2.90. The summed E-state index contributed by atoms with van der Waals surface area (Å²) in [5.41, 5.74) is 0.959. The lowest BCUT2D eigenvalue weighted by Crippen LogP contribution is -2.56. The largest absolute Gasteiger partial charge is 0.411 e.